The molecule has 0 aliphatic rings. The normalized spacial score (nSPS) is 13.7. The van der Waals surface area contributed by atoms with Gasteiger partial charge < -0.3 is 24.8 Å². The second kappa shape index (κ2) is 10.9. The molecule has 1 aromatic carbocycles. The highest BCUT2D eigenvalue weighted by Gasteiger charge is 2.19. The number of rotatable bonds is 11. The highest BCUT2D eigenvalue weighted by Crippen LogP contribution is 2.25. The van der Waals surface area contributed by atoms with E-state index in [0.717, 1.165) is 16.6 Å². The zero-order chi connectivity index (χ0) is 20.6. The average molecular weight is 437 g/mol. The van der Waals surface area contributed by atoms with Crippen LogP contribution in [0.4, 0.5) is 0 Å². The van der Waals surface area contributed by atoms with Crippen LogP contribution in [0, 0.1) is 0 Å². The van der Waals surface area contributed by atoms with Crippen molar-refractivity contribution in [2.24, 2.45) is 0 Å². The zero-order valence-electron chi connectivity index (χ0n) is 16.2. The molecule has 0 spiro atoms. The van der Waals surface area contributed by atoms with Gasteiger partial charge in [-0.2, -0.15) is 11.8 Å². The van der Waals surface area contributed by atoms with Gasteiger partial charge in [-0.15, -0.1) is 0 Å². The Kier molecular flexibility index (Phi) is 8.29. The quantitative estimate of drug-likeness (QED) is 0.397. The molecule has 0 saturated carbocycles. The fourth-order valence-electron chi connectivity index (χ4n) is 3.08. The number of aliphatic hydroxyl groups excluding tert-OH is 2. The van der Waals surface area contributed by atoms with E-state index in [-0.39, 0.29) is 6.61 Å². The minimum Gasteiger partial charge on any atom is -0.395 e. The van der Waals surface area contributed by atoms with E-state index < -0.39 is 12.1 Å². The third-order valence-corrected chi connectivity index (χ3v) is 5.53. The highest BCUT2D eigenvalue weighted by atomic mass is 35.5. The molecule has 3 rings (SSSR count). The van der Waals surface area contributed by atoms with Crippen LogP contribution in [0.5, 0.6) is 0 Å². The Balaban J connectivity index is 1.73. The van der Waals surface area contributed by atoms with Crippen molar-refractivity contribution in [3.63, 3.8) is 0 Å². The molecule has 0 amide bonds. The lowest BCUT2D eigenvalue weighted by Crippen LogP contribution is -2.43. The monoisotopic (exact) mass is 436 g/mol. The van der Waals surface area contributed by atoms with Crippen molar-refractivity contribution in [1.29, 1.82) is 0 Å². The molecule has 156 valence electrons. The van der Waals surface area contributed by atoms with Crippen molar-refractivity contribution in [3.05, 3.63) is 59.1 Å². The molecule has 0 aliphatic heterocycles. The SMILES string of the molecule is CSC[C@H](O)[C@H](CO)NCc1cn(COCc2ccccc2)c2c(Cl)ncnc12. The molecule has 0 saturated heterocycles. The number of hydrogen-bond acceptors (Lipinski definition) is 7. The summed E-state index contributed by atoms with van der Waals surface area (Å²) in [6.07, 6.45) is 4.61. The third kappa shape index (κ3) is 5.69. The van der Waals surface area contributed by atoms with Crippen LogP contribution in [0.2, 0.25) is 5.15 Å². The van der Waals surface area contributed by atoms with Gasteiger partial charge in [0.15, 0.2) is 5.15 Å². The van der Waals surface area contributed by atoms with Crippen LogP contribution in [0.15, 0.2) is 42.9 Å². The molecule has 2 aromatic heterocycles. The lowest BCUT2D eigenvalue weighted by Gasteiger charge is -2.21. The van der Waals surface area contributed by atoms with Crippen LogP contribution in [0.25, 0.3) is 11.0 Å². The number of fused-ring (bicyclic) bond motifs is 1. The van der Waals surface area contributed by atoms with E-state index >= 15 is 0 Å². The molecule has 3 aromatic rings. The van der Waals surface area contributed by atoms with E-state index in [4.69, 9.17) is 16.3 Å². The molecule has 29 heavy (non-hydrogen) atoms. The number of aliphatic hydroxyl groups is 2. The van der Waals surface area contributed by atoms with Gasteiger partial charge in [0.05, 0.1) is 30.9 Å². The number of thioether (sulfide) groups is 1. The van der Waals surface area contributed by atoms with Crippen LogP contribution in [-0.2, 0) is 24.6 Å². The molecule has 0 unspecified atom stereocenters. The summed E-state index contributed by atoms with van der Waals surface area (Å²) < 4.78 is 7.72. The summed E-state index contributed by atoms with van der Waals surface area (Å²) in [5.41, 5.74) is 3.39. The molecule has 3 N–H and O–H groups in total. The number of benzene rings is 1. The van der Waals surface area contributed by atoms with Gasteiger partial charge in [-0.1, -0.05) is 41.9 Å². The summed E-state index contributed by atoms with van der Waals surface area (Å²) in [6, 6.07) is 9.51. The summed E-state index contributed by atoms with van der Waals surface area (Å²) in [6.45, 7) is 1.05. The van der Waals surface area contributed by atoms with Crippen molar-refractivity contribution in [1.82, 2.24) is 19.9 Å². The first-order valence-electron chi connectivity index (χ1n) is 9.25. The fourth-order valence-corrected chi connectivity index (χ4v) is 3.89. The van der Waals surface area contributed by atoms with Gasteiger partial charge in [-0.05, 0) is 11.8 Å². The molecule has 0 bridgehead atoms. The van der Waals surface area contributed by atoms with Crippen LogP contribution in [-0.4, -0.2) is 55.5 Å². The molecule has 0 aliphatic carbocycles. The Morgan fingerprint density at radius 1 is 1.28 bits per heavy atom. The predicted molar refractivity (Wildman–Crippen MR) is 116 cm³/mol. The molecular weight excluding hydrogens is 412 g/mol. The van der Waals surface area contributed by atoms with Crippen molar-refractivity contribution < 1.29 is 14.9 Å². The van der Waals surface area contributed by atoms with Gasteiger partial charge in [0.25, 0.3) is 0 Å². The Bertz CT molecular complexity index is 909. The molecule has 7 nitrogen and oxygen atoms in total. The molecule has 9 heteroatoms. The first kappa shape index (κ1) is 22.0. The van der Waals surface area contributed by atoms with Gasteiger partial charge in [-0.25, -0.2) is 9.97 Å². The Morgan fingerprint density at radius 2 is 2.07 bits per heavy atom. The van der Waals surface area contributed by atoms with Gasteiger partial charge in [0.2, 0.25) is 0 Å². The first-order valence-corrected chi connectivity index (χ1v) is 11.0. The third-order valence-electron chi connectivity index (χ3n) is 4.58. The first-order chi connectivity index (χ1) is 14.1. The number of nitrogens with one attached hydrogen (secondary N) is 1. The van der Waals surface area contributed by atoms with Crippen molar-refractivity contribution in [2.45, 2.75) is 32.0 Å². The van der Waals surface area contributed by atoms with Crippen molar-refractivity contribution in [2.75, 3.05) is 18.6 Å². The van der Waals surface area contributed by atoms with Crippen LogP contribution in [0.1, 0.15) is 11.1 Å². The highest BCUT2D eigenvalue weighted by molar-refractivity contribution is 7.98. The summed E-state index contributed by atoms with van der Waals surface area (Å²) >= 11 is 7.85. The minimum atomic E-state index is -0.643. The van der Waals surface area contributed by atoms with E-state index in [1.54, 1.807) is 0 Å². The predicted octanol–water partition coefficient (Wildman–Crippen LogP) is 2.43. The molecular formula is C20H25ClN4O3S. The van der Waals surface area contributed by atoms with Crippen molar-refractivity contribution >= 4 is 34.4 Å². The maximum absolute atomic E-state index is 10.2. The molecule has 0 fully saturated rings. The minimum absolute atomic E-state index is 0.156. The number of nitrogens with zero attached hydrogens (tertiary/aromatic N) is 3. The summed E-state index contributed by atoms with van der Waals surface area (Å²) in [5.74, 6) is 0.543. The van der Waals surface area contributed by atoms with Gasteiger partial charge in [0.1, 0.15) is 18.6 Å². The number of hydrogen-bond donors (Lipinski definition) is 3. The lowest BCUT2D eigenvalue weighted by atomic mass is 10.2. The number of aromatic nitrogens is 3. The van der Waals surface area contributed by atoms with E-state index in [0.29, 0.717) is 36.3 Å². The van der Waals surface area contributed by atoms with Crippen molar-refractivity contribution in [3.8, 4) is 0 Å². The number of ether oxygens (including phenoxy) is 1. The standard InChI is InChI=1S/C20H25ClN4O3S/c1-29-11-17(27)16(9-26)22-7-15-8-25(19-18(15)23-12-24-20(19)21)13-28-10-14-5-3-2-4-6-14/h2-6,8,12,16-17,22,26-27H,7,9-11,13H2,1H3/t16-,17-/m0/s1. The van der Waals surface area contributed by atoms with Gasteiger partial charge >= 0.3 is 0 Å². The topological polar surface area (TPSA) is 92.4 Å². The van der Waals surface area contributed by atoms with E-state index in [2.05, 4.69) is 15.3 Å². The molecule has 2 heterocycles. The van der Waals surface area contributed by atoms with E-state index in [1.165, 1.54) is 18.1 Å². The van der Waals surface area contributed by atoms with Crippen LogP contribution in [0.3, 0.4) is 0 Å². The molecule has 0 radical (unpaired) electrons. The second-order valence-electron chi connectivity index (χ2n) is 6.64. The maximum atomic E-state index is 10.2. The number of halogens is 1. The lowest BCUT2D eigenvalue weighted by molar-refractivity contribution is 0.0666. The van der Waals surface area contributed by atoms with E-state index in [9.17, 15) is 10.2 Å². The van der Waals surface area contributed by atoms with Gasteiger partial charge in [-0.3, -0.25) is 0 Å². The van der Waals surface area contributed by atoms with Crippen LogP contribution < -0.4 is 5.32 Å². The summed E-state index contributed by atoms with van der Waals surface area (Å²) in [7, 11) is 0. The zero-order valence-corrected chi connectivity index (χ0v) is 17.7. The Labute approximate surface area is 179 Å². The summed E-state index contributed by atoms with van der Waals surface area (Å²) in [4.78, 5) is 8.46. The Hall–Kier alpha value is -1.68. The second-order valence-corrected chi connectivity index (χ2v) is 7.91. The smallest absolute Gasteiger partial charge is 0.156 e. The average Bonchev–Trinajstić information content (AvgIpc) is 3.08. The Morgan fingerprint density at radius 3 is 2.79 bits per heavy atom. The van der Waals surface area contributed by atoms with E-state index in [1.807, 2.05) is 47.4 Å². The van der Waals surface area contributed by atoms with Crippen LogP contribution >= 0.6 is 23.4 Å². The molecule has 2 atom stereocenters. The fraction of sp³-hybridized carbons (Fsp3) is 0.400. The summed E-state index contributed by atoms with van der Waals surface area (Å²) in [5, 5.41) is 23.3. The van der Waals surface area contributed by atoms with Gasteiger partial charge in [0, 0.05) is 24.1 Å². The largest absolute Gasteiger partial charge is 0.395 e. The maximum Gasteiger partial charge on any atom is 0.156 e.